The minimum absolute atomic E-state index is 0.164. The van der Waals surface area contributed by atoms with Crippen LogP contribution in [-0.4, -0.2) is 132 Å². The number of aryl methyl sites for hydroxylation is 1. The molecular formula is C46H50F2N14O4. The maximum Gasteiger partial charge on any atom is 0.329 e. The van der Waals surface area contributed by atoms with E-state index in [0.29, 0.717) is 80.4 Å². The van der Waals surface area contributed by atoms with Crippen LogP contribution in [0, 0.1) is 0 Å². The third-order valence-electron chi connectivity index (χ3n) is 13.9. The minimum atomic E-state index is -2.91. The molecule has 18 nitrogen and oxygen atoms in total. The molecule has 5 aliphatic rings. The fourth-order valence-corrected chi connectivity index (χ4v) is 10.3. The second-order valence-electron chi connectivity index (χ2n) is 18.1. The number of fused-ring (bicyclic) bond motifs is 3. The molecule has 1 aliphatic carbocycles. The first kappa shape index (κ1) is 41.9. The van der Waals surface area contributed by atoms with Gasteiger partial charge in [0.25, 0.3) is 11.8 Å². The number of piperidine rings is 2. The van der Waals surface area contributed by atoms with E-state index in [2.05, 4.69) is 35.7 Å². The first-order valence-corrected chi connectivity index (χ1v) is 22.6. The molecule has 342 valence electrons. The van der Waals surface area contributed by atoms with Crippen LogP contribution in [0.1, 0.15) is 59.8 Å². The van der Waals surface area contributed by atoms with Crippen molar-refractivity contribution in [3.05, 3.63) is 88.5 Å². The number of amides is 3. The van der Waals surface area contributed by atoms with Crippen molar-refractivity contribution < 1.29 is 23.2 Å². The summed E-state index contributed by atoms with van der Waals surface area (Å²) in [4.78, 5) is 72.5. The highest BCUT2D eigenvalue weighted by Crippen LogP contribution is 2.40. The maximum atomic E-state index is 16.0. The van der Waals surface area contributed by atoms with E-state index < -0.39 is 23.9 Å². The fourth-order valence-electron chi connectivity index (χ4n) is 10.3. The van der Waals surface area contributed by atoms with E-state index in [0.717, 1.165) is 58.7 Å². The number of imidazole rings is 2. The van der Waals surface area contributed by atoms with Crippen LogP contribution in [0.5, 0.6) is 0 Å². The molecule has 3 saturated heterocycles. The first-order valence-electron chi connectivity index (χ1n) is 22.6. The second kappa shape index (κ2) is 16.3. The van der Waals surface area contributed by atoms with Gasteiger partial charge in [0.1, 0.15) is 6.04 Å². The SMILES string of the molecule is CNc1cc(N2CCc3c(-c4ccc(CN5CCC(N6CCN(c7ccc8c(c7)n(C)c(=O)n8C7CCC(=O)NC7=O)CC6)C(F)(F)C5)cn4)cncc32)nn2c(C(=O)NC3CC3)cnc12. The predicted octanol–water partition coefficient (Wildman–Crippen LogP) is 3.48. The summed E-state index contributed by atoms with van der Waals surface area (Å²) in [6.45, 7) is 3.25. The van der Waals surface area contributed by atoms with Crippen LogP contribution in [0.2, 0.25) is 0 Å². The van der Waals surface area contributed by atoms with E-state index in [1.165, 1.54) is 9.13 Å². The number of nitrogens with zero attached hydrogens (tertiary/aromatic N) is 11. The highest BCUT2D eigenvalue weighted by Gasteiger charge is 2.48. The summed E-state index contributed by atoms with van der Waals surface area (Å²) in [5, 5.41) is 13.4. The Hall–Kier alpha value is -6.80. The lowest BCUT2D eigenvalue weighted by Crippen LogP contribution is -2.61. The number of piperazine rings is 1. The Kier molecular flexibility index (Phi) is 10.3. The number of carbonyl (C=O) groups excluding carboxylic acids is 3. The van der Waals surface area contributed by atoms with E-state index in [1.807, 2.05) is 65.6 Å². The lowest BCUT2D eigenvalue weighted by atomic mass is 9.97. The molecule has 0 radical (unpaired) electrons. The minimum Gasteiger partial charge on any atom is -0.385 e. The number of imide groups is 1. The van der Waals surface area contributed by atoms with Crippen molar-refractivity contribution in [2.45, 2.75) is 69.1 Å². The third kappa shape index (κ3) is 7.40. The first-order chi connectivity index (χ1) is 31.9. The van der Waals surface area contributed by atoms with Gasteiger partial charge in [-0.2, -0.15) is 0 Å². The van der Waals surface area contributed by atoms with Crippen LogP contribution in [0.15, 0.2) is 66.0 Å². The average molecular weight is 901 g/mol. The molecule has 4 aliphatic heterocycles. The van der Waals surface area contributed by atoms with Gasteiger partial charge in [-0.25, -0.2) is 23.1 Å². The molecule has 11 rings (SSSR count). The monoisotopic (exact) mass is 900 g/mol. The fraction of sp³-hybridized carbons (Fsp3) is 0.435. The summed E-state index contributed by atoms with van der Waals surface area (Å²) in [6, 6.07) is 10.0. The molecule has 1 aromatic carbocycles. The van der Waals surface area contributed by atoms with Crippen LogP contribution in [0.25, 0.3) is 27.9 Å². The molecular weight excluding hydrogens is 851 g/mol. The predicted molar refractivity (Wildman–Crippen MR) is 242 cm³/mol. The number of nitrogens with one attached hydrogen (secondary N) is 3. The lowest BCUT2D eigenvalue weighted by molar-refractivity contribution is -0.135. The van der Waals surface area contributed by atoms with Crippen LogP contribution in [0.3, 0.4) is 0 Å². The van der Waals surface area contributed by atoms with Crippen molar-refractivity contribution in [1.82, 2.24) is 54.1 Å². The summed E-state index contributed by atoms with van der Waals surface area (Å²) in [5.74, 6) is -3.29. The average Bonchev–Trinajstić information content (AvgIpc) is 3.74. The van der Waals surface area contributed by atoms with E-state index in [1.54, 1.807) is 24.0 Å². The number of pyridine rings is 2. The number of carbonyl (C=O) groups is 3. The van der Waals surface area contributed by atoms with Gasteiger partial charge in [-0.05, 0) is 67.5 Å². The number of halogens is 2. The van der Waals surface area contributed by atoms with Gasteiger partial charge in [0.2, 0.25) is 11.8 Å². The summed E-state index contributed by atoms with van der Waals surface area (Å²) < 4.78 is 36.6. The zero-order valence-corrected chi connectivity index (χ0v) is 36.7. The quantitative estimate of drug-likeness (QED) is 0.170. The largest absolute Gasteiger partial charge is 0.385 e. The Morgan fingerprint density at radius 1 is 0.894 bits per heavy atom. The number of aromatic nitrogens is 7. The van der Waals surface area contributed by atoms with Crippen LogP contribution in [-0.2, 0) is 29.6 Å². The summed E-state index contributed by atoms with van der Waals surface area (Å²) >= 11 is 0. The van der Waals surface area contributed by atoms with Crippen LogP contribution in [0.4, 0.5) is 31.7 Å². The zero-order chi connectivity index (χ0) is 45.4. The summed E-state index contributed by atoms with van der Waals surface area (Å²) in [7, 11) is 3.47. The zero-order valence-electron chi connectivity index (χ0n) is 36.7. The molecule has 2 atom stereocenters. The summed E-state index contributed by atoms with van der Waals surface area (Å²) in [5.41, 5.74) is 7.96. The van der Waals surface area contributed by atoms with Gasteiger partial charge < -0.3 is 20.4 Å². The standard InChI is InChI=1S/C46H50F2N14O4/c1-49-33-20-40(55-62-38(24-52-42(33)62)44(65)53-28-4-5-28)60-14-11-30-31(22-50-23-37(30)60)32-7-3-27(21-51-32)25-57-13-12-39(46(47,48)26-57)59-17-15-58(16-18-59)29-6-8-34-36(19-29)56(2)45(66)61(34)35-9-10-41(63)54-43(35)64/h3,6-8,19-24,28,35,39,49H,4-5,9-18,25-26H2,1-2H3,(H,53,65)(H,54,63,64). The number of rotatable bonds is 10. The highest BCUT2D eigenvalue weighted by molar-refractivity contribution is 6.00. The molecule has 3 amide bonds. The van der Waals surface area contributed by atoms with Crippen molar-refractivity contribution in [2.24, 2.45) is 7.05 Å². The van der Waals surface area contributed by atoms with Crippen molar-refractivity contribution >= 4 is 57.3 Å². The topological polar surface area (TPSA) is 183 Å². The van der Waals surface area contributed by atoms with Crippen molar-refractivity contribution in [1.29, 1.82) is 0 Å². The van der Waals surface area contributed by atoms with Crippen LogP contribution >= 0.6 is 0 Å². The number of likely N-dealkylation sites (tertiary alicyclic amines) is 1. The van der Waals surface area contributed by atoms with E-state index in [-0.39, 0.29) is 42.9 Å². The highest BCUT2D eigenvalue weighted by atomic mass is 19.3. The number of benzene rings is 1. The van der Waals surface area contributed by atoms with Gasteiger partial charge in [0.15, 0.2) is 17.2 Å². The van der Waals surface area contributed by atoms with Gasteiger partial charge in [-0.1, -0.05) is 6.07 Å². The normalized spacial score (nSPS) is 21.4. The number of hydrogen-bond donors (Lipinski definition) is 3. The molecule has 20 heteroatoms. The second-order valence-corrected chi connectivity index (χ2v) is 18.1. The van der Waals surface area contributed by atoms with Gasteiger partial charge in [0.05, 0.1) is 53.1 Å². The number of hydrogen-bond acceptors (Lipinski definition) is 13. The van der Waals surface area contributed by atoms with Gasteiger partial charge in [0, 0.05) is 102 Å². The van der Waals surface area contributed by atoms with Gasteiger partial charge in [-0.15, -0.1) is 5.10 Å². The molecule has 1 saturated carbocycles. The molecule has 0 spiro atoms. The maximum absolute atomic E-state index is 16.0. The number of alkyl halides is 2. The van der Waals surface area contributed by atoms with Gasteiger partial charge in [-0.3, -0.25) is 48.6 Å². The van der Waals surface area contributed by atoms with E-state index in [9.17, 15) is 19.2 Å². The molecule has 5 aromatic heterocycles. The Morgan fingerprint density at radius 2 is 1.73 bits per heavy atom. The van der Waals surface area contributed by atoms with Crippen LogP contribution < -0.4 is 31.4 Å². The lowest BCUT2D eigenvalue weighted by Gasteiger charge is -2.46. The Bertz CT molecular complexity index is 2970. The molecule has 3 N–H and O–H groups in total. The molecule has 4 fully saturated rings. The molecule has 66 heavy (non-hydrogen) atoms. The Labute approximate surface area is 377 Å². The molecule has 6 aromatic rings. The van der Waals surface area contributed by atoms with E-state index in [4.69, 9.17) is 10.1 Å². The molecule has 9 heterocycles. The van der Waals surface area contributed by atoms with Crippen molar-refractivity contribution in [3.63, 3.8) is 0 Å². The molecule has 2 unspecified atom stereocenters. The van der Waals surface area contributed by atoms with E-state index >= 15 is 8.78 Å². The Morgan fingerprint density at radius 3 is 2.47 bits per heavy atom. The Balaban J connectivity index is 0.725. The van der Waals surface area contributed by atoms with Gasteiger partial charge >= 0.3 is 5.69 Å². The summed E-state index contributed by atoms with van der Waals surface area (Å²) in [6.07, 6.45) is 10.4. The van der Waals surface area contributed by atoms with Crippen molar-refractivity contribution in [3.8, 4) is 11.3 Å². The molecule has 0 bridgehead atoms. The number of anilines is 4. The van der Waals surface area contributed by atoms with Crippen molar-refractivity contribution in [2.75, 3.05) is 68.0 Å². The smallest absolute Gasteiger partial charge is 0.329 e. The third-order valence-corrected chi connectivity index (χ3v) is 13.9.